The molecule has 0 aromatic heterocycles. The van der Waals surface area contributed by atoms with E-state index in [4.69, 9.17) is 4.74 Å². The third-order valence-corrected chi connectivity index (χ3v) is 6.00. The molecule has 1 aliphatic carbocycles. The molecule has 0 amide bonds. The van der Waals surface area contributed by atoms with Crippen molar-refractivity contribution in [2.75, 3.05) is 26.7 Å². The summed E-state index contributed by atoms with van der Waals surface area (Å²) in [5.74, 6) is 1.06. The van der Waals surface area contributed by atoms with Crippen molar-refractivity contribution in [2.45, 2.75) is 40.2 Å². The SMILES string of the molecule is CC[N+](CC)(CC)Cc1cc2c(cc1OC)CCc1ccccc1-2. The Hall–Kier alpha value is -1.80. The highest BCUT2D eigenvalue weighted by Gasteiger charge is 2.25. The number of rotatable bonds is 6. The van der Waals surface area contributed by atoms with Crippen LogP contribution in [0.2, 0.25) is 0 Å². The topological polar surface area (TPSA) is 9.23 Å². The van der Waals surface area contributed by atoms with Crippen LogP contribution in [0.4, 0.5) is 0 Å². The smallest absolute Gasteiger partial charge is 0.128 e. The van der Waals surface area contributed by atoms with Gasteiger partial charge in [0.25, 0.3) is 0 Å². The van der Waals surface area contributed by atoms with Crippen molar-refractivity contribution >= 4 is 0 Å². The summed E-state index contributed by atoms with van der Waals surface area (Å²) in [4.78, 5) is 0. The van der Waals surface area contributed by atoms with E-state index in [1.807, 2.05) is 0 Å². The summed E-state index contributed by atoms with van der Waals surface area (Å²) in [5, 5.41) is 0. The average molecular weight is 324 g/mol. The molecule has 2 nitrogen and oxygen atoms in total. The van der Waals surface area contributed by atoms with Gasteiger partial charge in [0.05, 0.1) is 26.7 Å². The van der Waals surface area contributed by atoms with Crippen LogP contribution in [0.1, 0.15) is 37.5 Å². The first-order valence-electron chi connectivity index (χ1n) is 9.29. The first-order valence-corrected chi connectivity index (χ1v) is 9.29. The van der Waals surface area contributed by atoms with E-state index in [1.165, 1.54) is 27.8 Å². The lowest BCUT2D eigenvalue weighted by Crippen LogP contribution is -2.46. The summed E-state index contributed by atoms with van der Waals surface area (Å²) in [6.45, 7) is 11.4. The predicted molar refractivity (Wildman–Crippen MR) is 101 cm³/mol. The largest absolute Gasteiger partial charge is 0.496 e. The van der Waals surface area contributed by atoms with Gasteiger partial charge in [0.15, 0.2) is 0 Å². The molecule has 0 saturated heterocycles. The number of aryl methyl sites for hydroxylation is 2. The van der Waals surface area contributed by atoms with Crippen molar-refractivity contribution in [1.82, 2.24) is 0 Å². The van der Waals surface area contributed by atoms with Crippen molar-refractivity contribution < 1.29 is 9.22 Å². The van der Waals surface area contributed by atoms with Crippen LogP contribution >= 0.6 is 0 Å². The minimum absolute atomic E-state index is 1.04. The van der Waals surface area contributed by atoms with Crippen LogP contribution in [-0.4, -0.2) is 31.2 Å². The van der Waals surface area contributed by atoms with Gasteiger partial charge in [-0.05, 0) is 68.0 Å². The Morgan fingerprint density at radius 1 is 0.875 bits per heavy atom. The molecular formula is C22H30NO+. The van der Waals surface area contributed by atoms with Gasteiger partial charge < -0.3 is 9.22 Å². The zero-order chi connectivity index (χ0) is 17.2. The minimum Gasteiger partial charge on any atom is -0.496 e. The van der Waals surface area contributed by atoms with E-state index < -0.39 is 0 Å². The summed E-state index contributed by atoms with van der Waals surface area (Å²) in [5.41, 5.74) is 7.07. The van der Waals surface area contributed by atoms with E-state index in [-0.39, 0.29) is 0 Å². The molecule has 2 heteroatoms. The molecule has 0 saturated carbocycles. The Balaban J connectivity index is 2.08. The number of nitrogens with zero attached hydrogens (tertiary/aromatic N) is 1. The van der Waals surface area contributed by atoms with Crippen LogP contribution < -0.4 is 4.74 Å². The van der Waals surface area contributed by atoms with E-state index in [0.717, 1.165) is 49.3 Å². The van der Waals surface area contributed by atoms with Gasteiger partial charge in [-0.15, -0.1) is 0 Å². The van der Waals surface area contributed by atoms with Gasteiger partial charge in [-0.1, -0.05) is 24.3 Å². The van der Waals surface area contributed by atoms with Crippen LogP contribution in [-0.2, 0) is 19.4 Å². The molecule has 0 N–H and O–H groups in total. The molecule has 0 fully saturated rings. The maximum absolute atomic E-state index is 5.77. The van der Waals surface area contributed by atoms with Gasteiger partial charge in [-0.2, -0.15) is 0 Å². The summed E-state index contributed by atoms with van der Waals surface area (Å²) < 4.78 is 6.88. The molecule has 24 heavy (non-hydrogen) atoms. The Labute approximate surface area is 146 Å². The fraction of sp³-hybridized carbons (Fsp3) is 0.455. The molecule has 0 heterocycles. The fourth-order valence-corrected chi connectivity index (χ4v) is 4.08. The monoisotopic (exact) mass is 324 g/mol. The second-order valence-electron chi connectivity index (χ2n) is 6.93. The van der Waals surface area contributed by atoms with Gasteiger partial charge in [0, 0.05) is 5.56 Å². The summed E-state index contributed by atoms with van der Waals surface area (Å²) in [6.07, 6.45) is 2.24. The highest BCUT2D eigenvalue weighted by atomic mass is 16.5. The second-order valence-corrected chi connectivity index (χ2v) is 6.93. The van der Waals surface area contributed by atoms with Gasteiger partial charge in [-0.25, -0.2) is 0 Å². The lowest BCUT2D eigenvalue weighted by Gasteiger charge is -2.36. The minimum atomic E-state index is 1.04. The average Bonchev–Trinajstić information content (AvgIpc) is 2.65. The molecule has 0 unspecified atom stereocenters. The van der Waals surface area contributed by atoms with E-state index in [9.17, 15) is 0 Å². The first kappa shape index (κ1) is 17.0. The summed E-state index contributed by atoms with van der Waals surface area (Å²) in [7, 11) is 1.81. The van der Waals surface area contributed by atoms with E-state index in [2.05, 4.69) is 57.2 Å². The third-order valence-electron chi connectivity index (χ3n) is 6.00. The highest BCUT2D eigenvalue weighted by Crippen LogP contribution is 2.38. The van der Waals surface area contributed by atoms with E-state index >= 15 is 0 Å². The number of ether oxygens (including phenoxy) is 1. The number of benzene rings is 2. The molecule has 0 bridgehead atoms. The quantitative estimate of drug-likeness (QED) is 0.691. The lowest BCUT2D eigenvalue weighted by atomic mass is 9.84. The number of quaternary nitrogens is 1. The second kappa shape index (κ2) is 6.98. The van der Waals surface area contributed by atoms with Gasteiger partial charge in [-0.3, -0.25) is 0 Å². The molecule has 2 aromatic carbocycles. The first-order chi connectivity index (χ1) is 11.7. The summed E-state index contributed by atoms with van der Waals surface area (Å²) in [6, 6.07) is 13.5. The van der Waals surface area contributed by atoms with Crippen molar-refractivity contribution in [3.8, 4) is 16.9 Å². The molecule has 128 valence electrons. The van der Waals surface area contributed by atoms with Crippen LogP contribution in [0, 0.1) is 0 Å². The number of hydrogen-bond acceptors (Lipinski definition) is 1. The maximum Gasteiger partial charge on any atom is 0.128 e. The van der Waals surface area contributed by atoms with Crippen molar-refractivity contribution in [3.63, 3.8) is 0 Å². The molecule has 0 aliphatic heterocycles. The van der Waals surface area contributed by atoms with Crippen LogP contribution in [0.15, 0.2) is 36.4 Å². The van der Waals surface area contributed by atoms with Gasteiger partial charge in [0.1, 0.15) is 12.3 Å². The van der Waals surface area contributed by atoms with E-state index in [1.54, 1.807) is 7.11 Å². The number of methoxy groups -OCH3 is 1. The summed E-state index contributed by atoms with van der Waals surface area (Å²) >= 11 is 0. The van der Waals surface area contributed by atoms with Crippen molar-refractivity contribution in [3.05, 3.63) is 53.1 Å². The Morgan fingerprint density at radius 3 is 2.21 bits per heavy atom. The number of fused-ring (bicyclic) bond motifs is 3. The zero-order valence-corrected chi connectivity index (χ0v) is 15.6. The van der Waals surface area contributed by atoms with Crippen LogP contribution in [0.25, 0.3) is 11.1 Å². The number of hydrogen-bond donors (Lipinski definition) is 0. The lowest BCUT2D eigenvalue weighted by molar-refractivity contribution is -0.936. The fourth-order valence-electron chi connectivity index (χ4n) is 4.08. The molecule has 0 spiro atoms. The van der Waals surface area contributed by atoms with Gasteiger partial charge in [0.2, 0.25) is 0 Å². The molecule has 1 aliphatic rings. The Morgan fingerprint density at radius 2 is 1.54 bits per heavy atom. The Kier molecular flexibility index (Phi) is 4.96. The predicted octanol–water partition coefficient (Wildman–Crippen LogP) is 4.84. The Bertz CT molecular complexity index is 708. The van der Waals surface area contributed by atoms with Crippen LogP contribution in [0.3, 0.4) is 0 Å². The van der Waals surface area contributed by atoms with Crippen LogP contribution in [0.5, 0.6) is 5.75 Å². The third kappa shape index (κ3) is 2.95. The van der Waals surface area contributed by atoms with Crippen molar-refractivity contribution in [1.29, 1.82) is 0 Å². The standard InChI is InChI=1S/C22H30NO/c1-5-23(6-2,7-3)16-19-14-21-18(15-22(19)24-4)13-12-17-10-8-9-11-20(17)21/h8-11,14-15H,5-7,12-13,16H2,1-4H3/q+1. The molecule has 0 atom stereocenters. The normalized spacial score (nSPS) is 13.3. The van der Waals surface area contributed by atoms with Crippen molar-refractivity contribution in [2.24, 2.45) is 0 Å². The highest BCUT2D eigenvalue weighted by molar-refractivity contribution is 5.74. The molecule has 3 rings (SSSR count). The van der Waals surface area contributed by atoms with Gasteiger partial charge >= 0.3 is 0 Å². The van der Waals surface area contributed by atoms with E-state index in [0.29, 0.717) is 0 Å². The zero-order valence-electron chi connectivity index (χ0n) is 15.6. The molecule has 0 radical (unpaired) electrons. The molecule has 2 aromatic rings. The maximum atomic E-state index is 5.77. The molecular weight excluding hydrogens is 294 g/mol.